The second-order valence-corrected chi connectivity index (χ2v) is 32.2. The Labute approximate surface area is 671 Å². The number of nitrogens with zero attached hydrogens (tertiary/aromatic N) is 5. The Bertz CT molecular complexity index is 4330. The molecule has 0 spiro atoms. The van der Waals surface area contributed by atoms with Crippen molar-refractivity contribution in [3.05, 3.63) is 149 Å². The number of aliphatic hydroxyl groups excluding tert-OH is 1. The van der Waals surface area contributed by atoms with Crippen LogP contribution in [0, 0.1) is 17.7 Å². The van der Waals surface area contributed by atoms with Gasteiger partial charge in [0.1, 0.15) is 54.7 Å². The fraction of sp³-hybridized carbons (Fsp3) is 0.535. The van der Waals surface area contributed by atoms with Gasteiger partial charge >= 0.3 is 0 Å². The Morgan fingerprint density at radius 1 is 0.730 bits per heavy atom. The Hall–Kier alpha value is -10.1. The lowest BCUT2D eigenvalue weighted by atomic mass is 9.88. The molecule has 10 atom stereocenters. The molecule has 115 heavy (non-hydrogen) atoms. The van der Waals surface area contributed by atoms with Crippen molar-refractivity contribution in [3.63, 3.8) is 0 Å². The van der Waals surface area contributed by atoms with Gasteiger partial charge in [-0.25, -0.2) is 4.39 Å². The van der Waals surface area contributed by atoms with E-state index in [1.807, 2.05) is 62.1 Å². The Balaban J connectivity index is 1.05. The maximum Gasteiger partial charge on any atom is 0.246 e. The van der Waals surface area contributed by atoms with Crippen LogP contribution in [0.3, 0.4) is 0 Å². The zero-order valence-corrected chi connectivity index (χ0v) is 67.2. The number of Topliss-reactive ketones (excluding diaryl/α,β-unsaturated/α-hetero) is 3. The predicted octanol–water partition coefficient (Wildman–Crippen LogP) is 4.61. The summed E-state index contributed by atoms with van der Waals surface area (Å²) in [7, 11) is 7.65. The lowest BCUT2D eigenvalue weighted by Gasteiger charge is -2.37. The number of aromatic nitrogens is 1. The van der Waals surface area contributed by atoms with E-state index in [4.69, 9.17) is 18.9 Å². The summed E-state index contributed by atoms with van der Waals surface area (Å²) >= 11 is 0. The molecule has 9 amide bonds. The van der Waals surface area contributed by atoms with E-state index >= 15 is 28.4 Å². The van der Waals surface area contributed by atoms with Crippen molar-refractivity contribution in [2.75, 3.05) is 94.0 Å². The molecular formula is C86H113FN11O17+. The van der Waals surface area contributed by atoms with Gasteiger partial charge in [0.25, 0.3) is 0 Å². The number of aliphatic hydroxyl groups is 1. The summed E-state index contributed by atoms with van der Waals surface area (Å²) in [5.41, 5.74) is 3.05. The zero-order valence-electron chi connectivity index (χ0n) is 67.2. The second kappa shape index (κ2) is 41.0. The molecule has 0 radical (unpaired) electrons. The topological polar surface area (TPSA) is 349 Å². The van der Waals surface area contributed by atoms with E-state index in [9.17, 15) is 38.7 Å². The summed E-state index contributed by atoms with van der Waals surface area (Å²) in [6.07, 6.45) is 3.08. The fourth-order valence-corrected chi connectivity index (χ4v) is 15.6. The van der Waals surface area contributed by atoms with Crippen molar-refractivity contribution in [2.24, 2.45) is 11.8 Å². The highest BCUT2D eigenvalue weighted by Gasteiger charge is 2.49. The van der Waals surface area contributed by atoms with Crippen LogP contribution in [-0.2, 0) is 117 Å². The molecular weight excluding hydrogens is 1480 g/mol. The summed E-state index contributed by atoms with van der Waals surface area (Å²) in [6.45, 7) is 5.80. The first-order chi connectivity index (χ1) is 55.0. The average Bonchev–Trinajstić information content (AvgIpc) is 1.69. The number of hydrogen-bond donors (Lipinski definition) is 7. The molecule has 620 valence electrons. The summed E-state index contributed by atoms with van der Waals surface area (Å²) in [6, 6.07) is 17.8. The normalized spacial score (nSPS) is 24.6. The highest BCUT2D eigenvalue weighted by Crippen LogP contribution is 2.35. The number of benzene rings is 4. The number of carbonyl (C=O) groups is 12. The molecule has 2 saturated heterocycles. The highest BCUT2D eigenvalue weighted by molar-refractivity contribution is 6.00. The number of methoxy groups -OCH3 is 1. The number of amides is 9. The van der Waals surface area contributed by atoms with Gasteiger partial charge in [-0.1, -0.05) is 72.8 Å². The smallest absolute Gasteiger partial charge is 0.246 e. The van der Waals surface area contributed by atoms with E-state index in [0.29, 0.717) is 90.6 Å². The SMILES string of the molecule is COc1ccc(C[C@@H]2NC(=O)[C@H]([C@@H](C)O)NC(=O)[C@@H]3[C@@H]4CCN3C(=O)[C@H]3CC(=O)[C@H](Cc5cccc(c5)CNC(=O)CO4)NC(=O)[C@@H](C)NC(=O)[C@H](CNC(=O)CCOCCOCC[N+](C)(C)C)CC(=O)CCC(=O)N(CCCC=CCn4cc(c5cc(F)ccc54)C3)Cc3ccc(cc3)CCCC(=O)[C@]3(C)CCCN3C2=O)cc1. The van der Waals surface area contributed by atoms with Crippen LogP contribution in [0.4, 0.5) is 4.39 Å². The Morgan fingerprint density at radius 2 is 1.48 bits per heavy atom. The lowest BCUT2D eigenvalue weighted by molar-refractivity contribution is -0.870. The van der Waals surface area contributed by atoms with Gasteiger partial charge in [0.2, 0.25) is 53.2 Å². The molecule has 0 saturated carbocycles. The van der Waals surface area contributed by atoms with E-state index in [2.05, 4.69) is 31.9 Å². The second-order valence-electron chi connectivity index (χ2n) is 32.2. The van der Waals surface area contributed by atoms with Crippen LogP contribution in [0.15, 0.2) is 109 Å². The van der Waals surface area contributed by atoms with E-state index in [1.54, 1.807) is 72.6 Å². The first-order valence-corrected chi connectivity index (χ1v) is 40.2. The van der Waals surface area contributed by atoms with E-state index in [-0.39, 0.29) is 122 Å². The molecule has 7 heterocycles. The van der Waals surface area contributed by atoms with E-state index in [0.717, 1.165) is 22.2 Å². The van der Waals surface area contributed by atoms with Crippen LogP contribution < -0.4 is 36.6 Å². The minimum Gasteiger partial charge on any atom is -0.497 e. The van der Waals surface area contributed by atoms with Crippen molar-refractivity contribution < 1.29 is 90.5 Å². The maximum absolute atomic E-state index is 16.2. The minimum absolute atomic E-state index is 0.0223. The number of hydrogen-bond acceptors (Lipinski definition) is 17. The van der Waals surface area contributed by atoms with Crippen LogP contribution in [-0.4, -0.2) is 241 Å². The molecule has 7 N–H and O–H groups in total. The van der Waals surface area contributed by atoms with Crippen LogP contribution in [0.5, 0.6) is 5.75 Å². The minimum atomic E-state index is -1.83. The van der Waals surface area contributed by atoms with Gasteiger partial charge < -0.3 is 79.7 Å². The number of halogens is 1. The molecule has 28 nitrogen and oxygen atoms in total. The maximum atomic E-state index is 16.2. The van der Waals surface area contributed by atoms with Crippen LogP contribution >= 0.6 is 0 Å². The number of aryl methyl sites for hydroxylation is 1. The number of carbonyl (C=O) groups excluding carboxylic acids is 12. The van der Waals surface area contributed by atoms with Gasteiger partial charge in [-0.2, -0.15) is 0 Å². The average molecular weight is 1590 g/mol. The molecule has 4 aromatic carbocycles. The molecule has 0 aliphatic carbocycles. The lowest BCUT2D eigenvalue weighted by Crippen LogP contribution is -2.62. The third-order valence-corrected chi connectivity index (χ3v) is 22.3. The summed E-state index contributed by atoms with van der Waals surface area (Å²) in [4.78, 5) is 183. The molecule has 6 aliphatic heterocycles. The quantitative estimate of drug-likeness (QED) is 0.0427. The number of rotatable bonds is 15. The van der Waals surface area contributed by atoms with Crippen LogP contribution in [0.2, 0.25) is 0 Å². The summed E-state index contributed by atoms with van der Waals surface area (Å²) in [5.74, 6) is -10.7. The first kappa shape index (κ1) is 87.3. The Morgan fingerprint density at radius 3 is 2.23 bits per heavy atom. The third kappa shape index (κ3) is 24.5. The van der Waals surface area contributed by atoms with E-state index in [1.165, 1.54) is 42.9 Å². The molecule has 5 aromatic rings. The van der Waals surface area contributed by atoms with Gasteiger partial charge in [0.05, 0.1) is 84.4 Å². The molecule has 0 unspecified atom stereocenters. The van der Waals surface area contributed by atoms with E-state index < -0.39 is 144 Å². The van der Waals surface area contributed by atoms with Gasteiger partial charge in [-0.3, -0.25) is 57.5 Å². The largest absolute Gasteiger partial charge is 0.497 e. The van der Waals surface area contributed by atoms with Crippen molar-refractivity contribution in [3.8, 4) is 5.75 Å². The number of allylic oxidation sites excluding steroid dienone is 2. The number of quaternary nitrogens is 1. The van der Waals surface area contributed by atoms with Gasteiger partial charge in [0, 0.05) is 114 Å². The standard InChI is InChI=1S/C86H112FN11O17/c1-55-80(106)91-69-45-60-16-12-17-61(43-60)50-88-76(104)54-115-73-31-37-96-79(73)83(109)93-78(56(2)99)82(108)92-70(44-58-23-27-67(112-7)28-24-58)85(111)97-36-14-33-86(97,3)74(102)18-13-15-57-19-21-59(22-20-57)52-95(35-11-9-8-10-34-94-53-64(46-62(84(96)110)48-72(69)101)68-49-65(87)25-29-71(68)94)77(105)30-26-66(100)47-63(81(107)90-55)51-89-75(103)32-39-113-41-42-114-40-38-98(4,5)6/h8,10,12,16-17,19-25,27-29,43,49,53,55-56,62-63,69-70,73,78-79,99H,9,11,13-15,18,26,30-42,44-48,50-52,54H2,1-7H3,(H5-,88,89,90,91,92,93,103,104,106,107,108,109)/p+1/t55-,56-,62-,63+,69+,70+,73+,78+,79+,86+/m1/s1. The van der Waals surface area contributed by atoms with Gasteiger partial charge in [-0.15, -0.1) is 0 Å². The fourth-order valence-electron chi connectivity index (χ4n) is 15.6. The first-order valence-electron chi connectivity index (χ1n) is 40.2. The third-order valence-electron chi connectivity index (χ3n) is 22.3. The van der Waals surface area contributed by atoms with Crippen molar-refractivity contribution >= 4 is 81.4 Å². The molecule has 11 rings (SSSR count). The monoisotopic (exact) mass is 1590 g/mol. The summed E-state index contributed by atoms with van der Waals surface area (Å²) < 4.78 is 41.5. The Kier molecular flexibility index (Phi) is 31.1. The molecule has 29 heteroatoms. The number of likely N-dealkylation sites (N-methyl/N-ethyl adjacent to an activating group) is 1. The molecule has 6 aliphatic rings. The van der Waals surface area contributed by atoms with Crippen LogP contribution in [0.1, 0.15) is 131 Å². The number of fused-ring (bicyclic) bond motifs is 16. The van der Waals surface area contributed by atoms with Gasteiger partial charge in [-0.05, 0) is 142 Å². The highest BCUT2D eigenvalue weighted by atomic mass is 19.1. The van der Waals surface area contributed by atoms with Crippen molar-refractivity contribution in [2.45, 2.75) is 191 Å². The summed E-state index contributed by atoms with van der Waals surface area (Å²) in [5, 5.41) is 28.7. The molecule has 12 bridgehead atoms. The number of nitrogens with one attached hydrogen (secondary N) is 6. The van der Waals surface area contributed by atoms with Crippen LogP contribution in [0.25, 0.3) is 10.9 Å². The molecule has 2 fully saturated rings. The van der Waals surface area contributed by atoms with Crippen molar-refractivity contribution in [1.82, 2.24) is 51.2 Å². The van der Waals surface area contributed by atoms with Gasteiger partial charge in [0.15, 0.2) is 11.6 Å². The predicted molar refractivity (Wildman–Crippen MR) is 424 cm³/mol. The number of ether oxygens (including phenoxy) is 4. The zero-order chi connectivity index (χ0) is 82.5. The van der Waals surface area contributed by atoms with Crippen molar-refractivity contribution in [1.29, 1.82) is 0 Å². The molecule has 1 aromatic heterocycles. The number of ketones is 3.